The third kappa shape index (κ3) is 5.98. The van der Waals surface area contributed by atoms with Crippen LogP contribution in [0.2, 0.25) is 0 Å². The van der Waals surface area contributed by atoms with Crippen molar-refractivity contribution in [2.75, 3.05) is 18.4 Å². The Kier molecular flexibility index (Phi) is 7.53. The van der Waals surface area contributed by atoms with Gasteiger partial charge in [0, 0.05) is 62.5 Å². The van der Waals surface area contributed by atoms with Crippen molar-refractivity contribution in [2.24, 2.45) is 7.05 Å². The van der Waals surface area contributed by atoms with Crippen molar-refractivity contribution < 1.29 is 14.3 Å². The molecule has 0 spiro atoms. The number of carbonyl (C=O) groups excluding carboxylic acids is 1. The van der Waals surface area contributed by atoms with E-state index in [9.17, 15) is 9.59 Å². The molecule has 0 radical (unpaired) electrons. The van der Waals surface area contributed by atoms with Crippen molar-refractivity contribution in [3.8, 4) is 11.7 Å². The summed E-state index contributed by atoms with van der Waals surface area (Å²) in [5.41, 5.74) is 1.19. The Hall–Kier alpha value is -5.20. The van der Waals surface area contributed by atoms with E-state index in [0.29, 0.717) is 54.6 Å². The number of piperidine rings is 1. The lowest BCUT2D eigenvalue weighted by Crippen LogP contribution is -2.44. The van der Waals surface area contributed by atoms with Crippen LogP contribution in [-0.2, 0) is 18.3 Å². The summed E-state index contributed by atoms with van der Waals surface area (Å²) < 4.78 is 16.7. The molecule has 1 aromatic carbocycles. The predicted octanol–water partition coefficient (Wildman–Crippen LogP) is 4.57. The minimum Gasteiger partial charge on any atom is -0.474 e. The van der Waals surface area contributed by atoms with Gasteiger partial charge in [-0.25, -0.2) is 19.1 Å². The quantitative estimate of drug-likeness (QED) is 0.268. The lowest BCUT2D eigenvalue weighted by molar-refractivity contribution is 0.0123. The summed E-state index contributed by atoms with van der Waals surface area (Å²) in [6.07, 6.45) is 5.95. The minimum absolute atomic E-state index is 0.122. The van der Waals surface area contributed by atoms with Gasteiger partial charge in [-0.15, -0.1) is 6.58 Å². The van der Waals surface area contributed by atoms with Gasteiger partial charge in [-0.05, 0) is 45.0 Å². The van der Waals surface area contributed by atoms with E-state index in [4.69, 9.17) is 19.4 Å². The molecule has 44 heavy (non-hydrogen) atoms. The summed E-state index contributed by atoms with van der Waals surface area (Å²) in [5, 5.41) is 9.06. The fraction of sp³-hybridized carbons (Fsp3) is 0.355. The normalized spacial score (nSPS) is 14.2. The van der Waals surface area contributed by atoms with Crippen LogP contribution in [0.4, 0.5) is 16.4 Å². The van der Waals surface area contributed by atoms with Gasteiger partial charge in [-0.1, -0.05) is 12.1 Å². The average molecular weight is 598 g/mol. The summed E-state index contributed by atoms with van der Waals surface area (Å²) >= 11 is 0. The number of hydrogen-bond donors (Lipinski definition) is 1. The SMILES string of the molecule is C=CCn1c(=O)c2cnc(Nc3ccc4cn(C)nc4c3)nc2n1-c1cccc(OC2CCN(C(=O)OC(C)(C)C)CC2)n1. The molecule has 13 nitrogen and oxygen atoms in total. The van der Waals surface area contributed by atoms with Crippen LogP contribution in [0.1, 0.15) is 33.6 Å². The van der Waals surface area contributed by atoms with E-state index in [1.165, 1.54) is 10.9 Å². The fourth-order valence-electron chi connectivity index (χ4n) is 5.20. The molecular formula is C31H35N9O4. The summed E-state index contributed by atoms with van der Waals surface area (Å²) in [7, 11) is 1.88. The molecule has 1 amide bonds. The fourth-order valence-corrected chi connectivity index (χ4v) is 5.20. The van der Waals surface area contributed by atoms with Gasteiger partial charge in [0.05, 0.1) is 12.1 Å². The highest BCUT2D eigenvalue weighted by molar-refractivity contribution is 5.83. The topological polar surface area (TPSA) is 134 Å². The Morgan fingerprint density at radius 3 is 2.70 bits per heavy atom. The van der Waals surface area contributed by atoms with Crippen LogP contribution in [0.15, 0.2) is 66.2 Å². The van der Waals surface area contributed by atoms with Gasteiger partial charge in [-0.2, -0.15) is 15.1 Å². The maximum absolute atomic E-state index is 13.4. The molecule has 5 aromatic rings. The molecule has 0 atom stereocenters. The zero-order chi connectivity index (χ0) is 31.0. The maximum atomic E-state index is 13.4. The van der Waals surface area contributed by atoms with Crippen LogP contribution < -0.4 is 15.6 Å². The van der Waals surface area contributed by atoms with Crippen molar-refractivity contribution in [1.29, 1.82) is 0 Å². The lowest BCUT2D eigenvalue weighted by atomic mass is 10.1. The molecule has 1 aliphatic rings. The second-order valence-electron chi connectivity index (χ2n) is 11.7. The summed E-state index contributed by atoms with van der Waals surface area (Å²) in [5.74, 6) is 1.19. The van der Waals surface area contributed by atoms with E-state index in [1.54, 1.807) is 32.5 Å². The molecule has 1 saturated heterocycles. The van der Waals surface area contributed by atoms with Gasteiger partial charge in [0.25, 0.3) is 5.56 Å². The molecule has 1 N–H and O–H groups in total. The zero-order valence-corrected chi connectivity index (χ0v) is 25.2. The highest BCUT2D eigenvalue weighted by Crippen LogP contribution is 2.24. The lowest BCUT2D eigenvalue weighted by Gasteiger charge is -2.33. The number of aromatic nitrogens is 7. The molecule has 5 heterocycles. The first kappa shape index (κ1) is 28.9. The second kappa shape index (κ2) is 11.5. The molecule has 6 rings (SSSR count). The zero-order valence-electron chi connectivity index (χ0n) is 25.2. The van der Waals surface area contributed by atoms with Crippen LogP contribution >= 0.6 is 0 Å². The number of allylic oxidation sites excluding steroid dienone is 1. The molecule has 228 valence electrons. The largest absolute Gasteiger partial charge is 0.474 e. The smallest absolute Gasteiger partial charge is 0.410 e. The third-order valence-electron chi connectivity index (χ3n) is 7.16. The Morgan fingerprint density at radius 2 is 1.95 bits per heavy atom. The van der Waals surface area contributed by atoms with Gasteiger partial charge in [-0.3, -0.25) is 9.48 Å². The van der Waals surface area contributed by atoms with Crippen molar-refractivity contribution in [1.82, 2.24) is 39.0 Å². The highest BCUT2D eigenvalue weighted by atomic mass is 16.6. The van der Waals surface area contributed by atoms with E-state index >= 15 is 0 Å². The van der Waals surface area contributed by atoms with E-state index in [2.05, 4.69) is 22.0 Å². The number of nitrogens with one attached hydrogen (secondary N) is 1. The molecule has 4 aromatic heterocycles. The van der Waals surface area contributed by atoms with Gasteiger partial charge in [0.2, 0.25) is 11.8 Å². The first-order valence-electron chi connectivity index (χ1n) is 14.5. The summed E-state index contributed by atoms with van der Waals surface area (Å²) in [6, 6.07) is 11.2. The van der Waals surface area contributed by atoms with Crippen molar-refractivity contribution in [3.05, 3.63) is 71.8 Å². The number of carbonyl (C=O) groups is 1. The molecule has 1 aliphatic heterocycles. The number of benzene rings is 1. The Labute approximate surface area is 253 Å². The van der Waals surface area contributed by atoms with Crippen LogP contribution in [0, 0.1) is 0 Å². The highest BCUT2D eigenvalue weighted by Gasteiger charge is 2.28. The molecular weight excluding hydrogens is 562 g/mol. The number of ether oxygens (including phenoxy) is 2. The van der Waals surface area contributed by atoms with Crippen molar-refractivity contribution in [2.45, 2.75) is 51.9 Å². The van der Waals surface area contributed by atoms with Crippen LogP contribution in [0.5, 0.6) is 5.88 Å². The summed E-state index contributed by atoms with van der Waals surface area (Å²) in [6.45, 7) is 10.7. The molecule has 0 unspecified atom stereocenters. The number of nitrogens with zero attached hydrogens (tertiary/aromatic N) is 8. The van der Waals surface area contributed by atoms with E-state index in [1.807, 2.05) is 58.3 Å². The number of anilines is 2. The van der Waals surface area contributed by atoms with Gasteiger partial charge in [0.15, 0.2) is 11.5 Å². The monoisotopic (exact) mass is 597 g/mol. The molecule has 0 saturated carbocycles. The molecule has 13 heteroatoms. The Morgan fingerprint density at radius 1 is 1.16 bits per heavy atom. The van der Waals surface area contributed by atoms with E-state index in [0.717, 1.165) is 16.6 Å². The summed E-state index contributed by atoms with van der Waals surface area (Å²) in [4.78, 5) is 41.4. The average Bonchev–Trinajstić information content (AvgIpc) is 3.48. The van der Waals surface area contributed by atoms with Crippen LogP contribution in [0.25, 0.3) is 27.8 Å². The number of hydrogen-bond acceptors (Lipinski definition) is 9. The molecule has 0 bridgehead atoms. The number of aryl methyl sites for hydroxylation is 1. The number of amides is 1. The molecule has 1 fully saturated rings. The number of likely N-dealkylation sites (tertiary alicyclic amines) is 1. The first-order valence-corrected chi connectivity index (χ1v) is 14.5. The Balaban J connectivity index is 1.26. The number of pyridine rings is 1. The van der Waals surface area contributed by atoms with E-state index in [-0.39, 0.29) is 24.3 Å². The minimum atomic E-state index is -0.542. The van der Waals surface area contributed by atoms with Gasteiger partial charge >= 0.3 is 6.09 Å². The molecule has 0 aliphatic carbocycles. The van der Waals surface area contributed by atoms with Gasteiger partial charge in [0.1, 0.15) is 17.1 Å². The van der Waals surface area contributed by atoms with Crippen LogP contribution in [-0.4, -0.2) is 69.9 Å². The van der Waals surface area contributed by atoms with Crippen molar-refractivity contribution in [3.63, 3.8) is 0 Å². The van der Waals surface area contributed by atoms with Gasteiger partial charge < -0.3 is 19.7 Å². The number of fused-ring (bicyclic) bond motifs is 2. The maximum Gasteiger partial charge on any atom is 0.410 e. The third-order valence-corrected chi connectivity index (χ3v) is 7.16. The Bertz CT molecular complexity index is 1910. The predicted molar refractivity (Wildman–Crippen MR) is 167 cm³/mol. The first-order chi connectivity index (χ1) is 21.1. The number of rotatable bonds is 7. The van der Waals surface area contributed by atoms with Crippen LogP contribution in [0.3, 0.4) is 0 Å². The standard InChI is InChI=1S/C31H35N9O4/c1-6-14-39-28(41)23-18-32-29(33-21-11-10-20-19-37(5)36-24(20)17-21)35-27(23)40(39)25-8-7-9-26(34-25)43-22-12-15-38(16-13-22)30(42)44-31(2,3)4/h6-11,17-19,22H,1,12-16H2,2-5H3,(H,32,33,35). The second-order valence-corrected chi connectivity index (χ2v) is 11.7. The van der Waals surface area contributed by atoms with Crippen molar-refractivity contribution >= 4 is 39.7 Å². The van der Waals surface area contributed by atoms with E-state index < -0.39 is 5.60 Å².